The molecule has 1 saturated heterocycles. The van der Waals surface area contributed by atoms with E-state index in [9.17, 15) is 4.79 Å². The molecule has 0 spiro atoms. The summed E-state index contributed by atoms with van der Waals surface area (Å²) in [6.07, 6.45) is 5.69. The number of carbonyl (C=O) groups is 1. The number of nitrogens with two attached hydrogens (primary N) is 1. The minimum absolute atomic E-state index is 0.0762. The summed E-state index contributed by atoms with van der Waals surface area (Å²) in [5.41, 5.74) is 5.33. The highest BCUT2D eigenvalue weighted by Crippen LogP contribution is 2.28. The van der Waals surface area contributed by atoms with Gasteiger partial charge in [-0.25, -0.2) is 4.99 Å². The van der Waals surface area contributed by atoms with Gasteiger partial charge in [-0.15, -0.1) is 0 Å². The fourth-order valence-electron chi connectivity index (χ4n) is 3.54. The van der Waals surface area contributed by atoms with Crippen LogP contribution in [0.5, 0.6) is 0 Å². The standard InChI is InChI=1S/C16H30N4O/c1-13(2)12-16(3)14(21)20(15(17)18-16)11-7-10-19-8-5-4-6-9-19/h13H,4-12H2,1-3H3,(H2,17,18). The topological polar surface area (TPSA) is 61.9 Å². The Labute approximate surface area is 128 Å². The molecule has 5 heteroatoms. The van der Waals surface area contributed by atoms with Crippen molar-refractivity contribution in [3.8, 4) is 0 Å². The molecule has 1 atom stereocenters. The van der Waals surface area contributed by atoms with Crippen LogP contribution in [0.3, 0.4) is 0 Å². The van der Waals surface area contributed by atoms with Crippen LogP contribution >= 0.6 is 0 Å². The molecule has 1 amide bonds. The Morgan fingerprint density at radius 3 is 2.52 bits per heavy atom. The Bertz CT molecular complexity index is 401. The maximum Gasteiger partial charge on any atom is 0.257 e. The van der Waals surface area contributed by atoms with Crippen LogP contribution in [0.1, 0.15) is 52.9 Å². The highest BCUT2D eigenvalue weighted by molar-refractivity contribution is 6.06. The first-order valence-electron chi connectivity index (χ1n) is 8.32. The van der Waals surface area contributed by atoms with Gasteiger partial charge >= 0.3 is 0 Å². The largest absolute Gasteiger partial charge is 0.369 e. The number of amides is 1. The van der Waals surface area contributed by atoms with Crippen LogP contribution in [0.15, 0.2) is 4.99 Å². The van der Waals surface area contributed by atoms with Gasteiger partial charge in [-0.1, -0.05) is 20.3 Å². The highest BCUT2D eigenvalue weighted by atomic mass is 16.2. The maximum atomic E-state index is 12.6. The smallest absolute Gasteiger partial charge is 0.257 e. The quantitative estimate of drug-likeness (QED) is 0.813. The number of carbonyl (C=O) groups excluding carboxylic acids is 1. The summed E-state index contributed by atoms with van der Waals surface area (Å²) in [4.78, 5) is 21.2. The summed E-state index contributed by atoms with van der Waals surface area (Å²) in [5, 5.41) is 0. The van der Waals surface area contributed by atoms with Crippen LogP contribution in [-0.4, -0.2) is 53.4 Å². The Balaban J connectivity index is 1.83. The number of aliphatic imine (C=N–C) groups is 1. The van der Waals surface area contributed by atoms with E-state index in [0.717, 1.165) is 19.4 Å². The zero-order valence-electron chi connectivity index (χ0n) is 13.8. The summed E-state index contributed by atoms with van der Waals surface area (Å²) in [6, 6.07) is 0. The van der Waals surface area contributed by atoms with E-state index < -0.39 is 5.54 Å². The van der Waals surface area contributed by atoms with Gasteiger partial charge in [0.15, 0.2) is 5.96 Å². The van der Waals surface area contributed by atoms with Crippen molar-refractivity contribution >= 4 is 11.9 Å². The first kappa shape index (κ1) is 16.3. The van der Waals surface area contributed by atoms with Crippen molar-refractivity contribution in [2.75, 3.05) is 26.2 Å². The van der Waals surface area contributed by atoms with E-state index in [1.165, 1.54) is 32.4 Å². The highest BCUT2D eigenvalue weighted by Gasteiger charge is 2.43. The van der Waals surface area contributed by atoms with Crippen molar-refractivity contribution in [2.45, 2.75) is 58.4 Å². The molecular formula is C16H30N4O. The Morgan fingerprint density at radius 1 is 1.24 bits per heavy atom. The number of rotatable bonds is 6. The minimum atomic E-state index is -0.649. The van der Waals surface area contributed by atoms with Crippen LogP contribution in [0.25, 0.3) is 0 Å². The summed E-state index contributed by atoms with van der Waals surface area (Å²) in [6.45, 7) is 10.3. The van der Waals surface area contributed by atoms with Crippen molar-refractivity contribution in [1.29, 1.82) is 0 Å². The van der Waals surface area contributed by atoms with Crippen molar-refractivity contribution < 1.29 is 4.79 Å². The SMILES string of the molecule is CC(C)CC1(C)N=C(N)N(CCCN2CCCCC2)C1=O. The molecular weight excluding hydrogens is 264 g/mol. The predicted molar refractivity (Wildman–Crippen MR) is 86.1 cm³/mol. The van der Waals surface area contributed by atoms with Gasteiger partial charge in [0, 0.05) is 6.54 Å². The average molecular weight is 294 g/mol. The van der Waals surface area contributed by atoms with Gasteiger partial charge in [-0.3, -0.25) is 9.69 Å². The van der Waals surface area contributed by atoms with Crippen molar-refractivity contribution in [3.63, 3.8) is 0 Å². The zero-order chi connectivity index (χ0) is 15.5. The third-order valence-corrected chi connectivity index (χ3v) is 4.45. The van der Waals surface area contributed by atoms with Gasteiger partial charge in [0.05, 0.1) is 0 Å². The minimum Gasteiger partial charge on any atom is -0.369 e. The zero-order valence-corrected chi connectivity index (χ0v) is 13.8. The molecule has 0 aliphatic carbocycles. The first-order chi connectivity index (χ1) is 9.92. The fraction of sp³-hybridized carbons (Fsp3) is 0.875. The molecule has 5 nitrogen and oxygen atoms in total. The fourth-order valence-corrected chi connectivity index (χ4v) is 3.54. The molecule has 2 rings (SSSR count). The number of hydrogen-bond acceptors (Lipinski definition) is 4. The molecule has 0 bridgehead atoms. The van der Waals surface area contributed by atoms with Crippen molar-refractivity contribution in [3.05, 3.63) is 0 Å². The van der Waals surface area contributed by atoms with Crippen LogP contribution in [-0.2, 0) is 4.79 Å². The summed E-state index contributed by atoms with van der Waals surface area (Å²) in [7, 11) is 0. The summed E-state index contributed by atoms with van der Waals surface area (Å²) < 4.78 is 0. The van der Waals surface area contributed by atoms with Gasteiger partial charge in [-0.2, -0.15) is 0 Å². The van der Waals surface area contributed by atoms with Gasteiger partial charge in [0.25, 0.3) is 5.91 Å². The molecule has 0 aromatic carbocycles. The predicted octanol–water partition coefficient (Wildman–Crippen LogP) is 1.82. The monoisotopic (exact) mass is 294 g/mol. The molecule has 1 fully saturated rings. The molecule has 0 aromatic rings. The number of likely N-dealkylation sites (tertiary alicyclic amines) is 1. The third kappa shape index (κ3) is 3.96. The van der Waals surface area contributed by atoms with E-state index in [1.807, 2.05) is 6.92 Å². The number of hydrogen-bond donors (Lipinski definition) is 1. The molecule has 21 heavy (non-hydrogen) atoms. The number of piperidine rings is 1. The lowest BCUT2D eigenvalue weighted by atomic mass is 9.91. The summed E-state index contributed by atoms with van der Waals surface area (Å²) >= 11 is 0. The second-order valence-electron chi connectivity index (χ2n) is 7.05. The molecule has 2 N–H and O–H groups in total. The molecule has 2 aliphatic rings. The van der Waals surface area contributed by atoms with E-state index in [1.54, 1.807) is 4.90 Å². The summed E-state index contributed by atoms with van der Waals surface area (Å²) in [5.74, 6) is 0.915. The Kier molecular flexibility index (Phi) is 5.25. The number of guanidine groups is 1. The van der Waals surface area contributed by atoms with Crippen LogP contribution in [0, 0.1) is 5.92 Å². The van der Waals surface area contributed by atoms with E-state index in [4.69, 9.17) is 5.73 Å². The second-order valence-corrected chi connectivity index (χ2v) is 7.05. The molecule has 0 saturated carbocycles. The van der Waals surface area contributed by atoms with Crippen LogP contribution in [0.2, 0.25) is 0 Å². The van der Waals surface area contributed by atoms with Gasteiger partial charge in [0.1, 0.15) is 5.54 Å². The lowest BCUT2D eigenvalue weighted by Crippen LogP contribution is -2.44. The lowest BCUT2D eigenvalue weighted by Gasteiger charge is -2.28. The lowest BCUT2D eigenvalue weighted by molar-refractivity contribution is -0.131. The molecule has 0 radical (unpaired) electrons. The van der Waals surface area contributed by atoms with Gasteiger partial charge in [0.2, 0.25) is 0 Å². The van der Waals surface area contributed by atoms with Gasteiger partial charge < -0.3 is 10.6 Å². The average Bonchev–Trinajstić information content (AvgIpc) is 2.62. The van der Waals surface area contributed by atoms with E-state index in [-0.39, 0.29) is 5.91 Å². The van der Waals surface area contributed by atoms with E-state index in [2.05, 4.69) is 23.7 Å². The van der Waals surface area contributed by atoms with Crippen molar-refractivity contribution in [2.24, 2.45) is 16.6 Å². The van der Waals surface area contributed by atoms with Crippen LogP contribution in [0.4, 0.5) is 0 Å². The Hall–Kier alpha value is -1.10. The Morgan fingerprint density at radius 2 is 1.90 bits per heavy atom. The number of nitrogens with zero attached hydrogens (tertiary/aromatic N) is 3. The van der Waals surface area contributed by atoms with Gasteiger partial charge in [-0.05, 0) is 58.2 Å². The molecule has 120 valence electrons. The molecule has 2 aliphatic heterocycles. The van der Waals surface area contributed by atoms with Crippen LogP contribution < -0.4 is 5.73 Å². The third-order valence-electron chi connectivity index (χ3n) is 4.45. The second kappa shape index (κ2) is 6.77. The maximum absolute atomic E-state index is 12.6. The van der Waals surface area contributed by atoms with E-state index in [0.29, 0.717) is 18.4 Å². The molecule has 1 unspecified atom stereocenters. The first-order valence-corrected chi connectivity index (χ1v) is 8.32. The normalized spacial score (nSPS) is 27.5. The molecule has 0 aromatic heterocycles. The van der Waals surface area contributed by atoms with Crippen molar-refractivity contribution in [1.82, 2.24) is 9.80 Å². The molecule has 2 heterocycles. The van der Waals surface area contributed by atoms with E-state index >= 15 is 0 Å².